The summed E-state index contributed by atoms with van der Waals surface area (Å²) in [6, 6.07) is 0. The molecule has 162 valence electrons. The summed E-state index contributed by atoms with van der Waals surface area (Å²) in [6.07, 6.45) is 9.34. The monoisotopic (exact) mass is 414 g/mol. The van der Waals surface area contributed by atoms with E-state index in [0.29, 0.717) is 23.7 Å². The van der Waals surface area contributed by atoms with E-state index in [1.165, 1.54) is 6.42 Å². The van der Waals surface area contributed by atoms with Gasteiger partial charge in [0.1, 0.15) is 0 Å². The molecule has 6 nitrogen and oxygen atoms in total. The first-order chi connectivity index (χ1) is 12.7. The molecule has 0 amide bonds. The van der Waals surface area contributed by atoms with Gasteiger partial charge in [0.25, 0.3) is 0 Å². The van der Waals surface area contributed by atoms with Crippen LogP contribution in [0.15, 0.2) is 5.10 Å². The maximum absolute atomic E-state index is 12.0. The van der Waals surface area contributed by atoms with E-state index in [0.717, 1.165) is 57.9 Å². The summed E-state index contributed by atoms with van der Waals surface area (Å²) in [7, 11) is 0. The number of guanidine groups is 1. The topological polar surface area (TPSA) is 117 Å². The van der Waals surface area contributed by atoms with E-state index in [-0.39, 0.29) is 35.3 Å². The van der Waals surface area contributed by atoms with E-state index >= 15 is 0 Å². The van der Waals surface area contributed by atoms with Crippen LogP contribution in [0.4, 0.5) is 0 Å². The number of aliphatic hydroxyl groups excluding tert-OH is 1. The molecule has 0 spiro atoms. The highest BCUT2D eigenvalue weighted by Gasteiger charge is 2.66. The molecule has 7 heteroatoms. The number of halogens is 1. The largest absolute Gasteiger partial charge is 0.393 e. The zero-order valence-corrected chi connectivity index (χ0v) is 18.2. The zero-order valence-electron chi connectivity index (χ0n) is 17.4. The van der Waals surface area contributed by atoms with E-state index in [1.807, 2.05) is 0 Å². The van der Waals surface area contributed by atoms with Crippen LogP contribution in [-0.4, -0.2) is 34.4 Å². The van der Waals surface area contributed by atoms with Gasteiger partial charge in [0.15, 0.2) is 0 Å². The highest BCUT2D eigenvalue weighted by molar-refractivity contribution is 5.85. The van der Waals surface area contributed by atoms with Gasteiger partial charge >= 0.3 is 0 Å². The van der Waals surface area contributed by atoms with Crippen LogP contribution in [0.3, 0.4) is 0 Å². The lowest BCUT2D eigenvalue weighted by molar-refractivity contribution is -0.209. The minimum absolute atomic E-state index is 0. The predicted octanol–water partition coefficient (Wildman–Crippen LogP) is 2.32. The molecule has 0 aliphatic heterocycles. The summed E-state index contributed by atoms with van der Waals surface area (Å²) < 4.78 is 0. The van der Waals surface area contributed by atoms with Crippen LogP contribution < -0.4 is 16.9 Å². The Hall–Kier alpha value is -0.720. The quantitative estimate of drug-likeness (QED) is 0.276. The molecule has 0 heterocycles. The van der Waals surface area contributed by atoms with Crippen molar-refractivity contribution in [2.45, 2.75) is 83.3 Å². The molecule has 4 rings (SSSR count). The Labute approximate surface area is 175 Å². The van der Waals surface area contributed by atoms with Gasteiger partial charge in [0.05, 0.1) is 11.7 Å². The smallest absolute Gasteiger partial charge is 0.208 e. The van der Waals surface area contributed by atoms with Crippen molar-refractivity contribution >= 4 is 18.4 Å². The third kappa shape index (κ3) is 3.10. The first-order valence-corrected chi connectivity index (χ1v) is 10.9. The van der Waals surface area contributed by atoms with Crippen LogP contribution in [0.5, 0.6) is 0 Å². The first-order valence-electron chi connectivity index (χ1n) is 10.9. The number of rotatable bonds is 3. The molecule has 0 bridgehead atoms. The Morgan fingerprint density at radius 2 is 1.79 bits per heavy atom. The molecule has 4 aliphatic rings. The lowest BCUT2D eigenvalue weighted by atomic mass is 9.43. The number of nitrogens with one attached hydrogen (secondary N) is 1. The minimum atomic E-state index is -0.579. The molecule has 0 aromatic carbocycles. The fraction of sp³-hybridized carbons (Fsp3) is 0.952. The van der Waals surface area contributed by atoms with E-state index in [9.17, 15) is 10.2 Å². The number of fused-ring (bicyclic) bond motifs is 5. The molecule has 4 saturated carbocycles. The molecule has 0 aromatic heterocycles. The Bertz CT molecular complexity index is 615. The van der Waals surface area contributed by atoms with Crippen LogP contribution >= 0.6 is 12.4 Å². The fourth-order valence-corrected chi connectivity index (χ4v) is 7.89. The second-order valence-corrected chi connectivity index (χ2v) is 10.4. The van der Waals surface area contributed by atoms with Crippen LogP contribution in [0.1, 0.15) is 71.6 Å². The average molecular weight is 415 g/mol. The molecule has 8 atom stereocenters. The SMILES string of the molecule is C[C@]12CC[C@H](O)C[C@H]1CC[C@@H]1[C@@H]2CC[C@]2(C)[C@@H](CNN=C(N)N)CC[C@]12O.Cl. The maximum atomic E-state index is 12.0. The van der Waals surface area contributed by atoms with E-state index in [1.54, 1.807) is 0 Å². The summed E-state index contributed by atoms with van der Waals surface area (Å²) >= 11 is 0. The number of aliphatic hydroxyl groups is 2. The molecule has 4 aliphatic carbocycles. The van der Waals surface area contributed by atoms with Gasteiger partial charge in [-0.1, -0.05) is 13.8 Å². The highest BCUT2D eigenvalue weighted by Crippen LogP contribution is 2.68. The van der Waals surface area contributed by atoms with E-state index in [4.69, 9.17) is 11.5 Å². The van der Waals surface area contributed by atoms with Crippen molar-refractivity contribution < 1.29 is 10.2 Å². The third-order valence-electron chi connectivity index (χ3n) is 9.56. The van der Waals surface area contributed by atoms with Crippen molar-refractivity contribution in [2.24, 2.45) is 51.1 Å². The van der Waals surface area contributed by atoms with Gasteiger partial charge in [-0.25, -0.2) is 0 Å². The maximum Gasteiger partial charge on any atom is 0.208 e. The Kier molecular flexibility index (Phi) is 5.90. The van der Waals surface area contributed by atoms with Crippen molar-refractivity contribution in [3.8, 4) is 0 Å². The van der Waals surface area contributed by atoms with Crippen molar-refractivity contribution in [2.75, 3.05) is 6.54 Å². The summed E-state index contributed by atoms with van der Waals surface area (Å²) in [4.78, 5) is 0. The van der Waals surface area contributed by atoms with Crippen LogP contribution in [-0.2, 0) is 0 Å². The summed E-state index contributed by atoms with van der Waals surface area (Å²) in [5, 5.41) is 26.2. The Morgan fingerprint density at radius 3 is 2.50 bits per heavy atom. The molecule has 7 N–H and O–H groups in total. The number of hydrogen-bond donors (Lipinski definition) is 5. The van der Waals surface area contributed by atoms with Crippen molar-refractivity contribution in [1.29, 1.82) is 0 Å². The van der Waals surface area contributed by atoms with Crippen molar-refractivity contribution in [1.82, 2.24) is 5.43 Å². The lowest BCUT2D eigenvalue weighted by Gasteiger charge is -2.63. The highest BCUT2D eigenvalue weighted by atomic mass is 35.5. The predicted molar refractivity (Wildman–Crippen MR) is 114 cm³/mol. The summed E-state index contributed by atoms with van der Waals surface area (Å²) in [5.41, 5.74) is 13.5. The number of nitrogens with zero attached hydrogens (tertiary/aromatic N) is 1. The van der Waals surface area contributed by atoms with Gasteiger partial charge in [-0.15, -0.1) is 17.5 Å². The second kappa shape index (κ2) is 7.51. The Balaban J connectivity index is 0.00000225. The fourth-order valence-electron chi connectivity index (χ4n) is 7.89. The number of hydrazone groups is 1. The van der Waals surface area contributed by atoms with Crippen LogP contribution in [0, 0.1) is 34.5 Å². The van der Waals surface area contributed by atoms with E-state index in [2.05, 4.69) is 24.4 Å². The Morgan fingerprint density at radius 1 is 1.04 bits per heavy atom. The van der Waals surface area contributed by atoms with Gasteiger partial charge in [-0.3, -0.25) is 0 Å². The zero-order chi connectivity index (χ0) is 19.4. The summed E-state index contributed by atoms with van der Waals surface area (Å²) in [6.45, 7) is 5.48. The molecule has 0 aromatic rings. The van der Waals surface area contributed by atoms with E-state index < -0.39 is 5.60 Å². The number of hydrogen-bond acceptors (Lipinski definition) is 4. The molecule has 0 saturated heterocycles. The average Bonchev–Trinajstić information content (AvgIpc) is 2.87. The van der Waals surface area contributed by atoms with Crippen molar-refractivity contribution in [3.05, 3.63) is 0 Å². The second-order valence-electron chi connectivity index (χ2n) is 10.4. The van der Waals surface area contributed by atoms with Crippen LogP contribution in [0.25, 0.3) is 0 Å². The van der Waals surface area contributed by atoms with Gasteiger partial charge in [-0.2, -0.15) is 0 Å². The first kappa shape index (κ1) is 22.0. The molecule has 0 radical (unpaired) electrons. The minimum Gasteiger partial charge on any atom is -0.393 e. The standard InChI is InChI=1S/C21H38N4O2.ClH/c1-19-8-6-15(26)11-13(19)3-4-17-16(19)7-9-20(2)14(5-10-21(17,20)27)12-24-25-18(22)23;/h13-17,24,26-27H,3-12H2,1-2H3,(H4,22,23,25);1H/t13-,14-,15+,16+,17-,19+,20-,21+;/m1./s1. The molecule has 28 heavy (non-hydrogen) atoms. The molecular weight excluding hydrogens is 376 g/mol. The molecule has 4 fully saturated rings. The normalized spacial score (nSPS) is 49.8. The summed E-state index contributed by atoms with van der Waals surface area (Å²) in [5.74, 6) is 2.05. The van der Waals surface area contributed by atoms with Gasteiger partial charge in [-0.05, 0) is 86.9 Å². The van der Waals surface area contributed by atoms with Gasteiger partial charge < -0.3 is 27.1 Å². The number of nitrogens with two attached hydrogens (primary N) is 2. The molecule has 0 unspecified atom stereocenters. The molecular formula is C21H39ClN4O2. The van der Waals surface area contributed by atoms with Gasteiger partial charge in [0, 0.05) is 12.0 Å². The van der Waals surface area contributed by atoms with Crippen LogP contribution in [0.2, 0.25) is 0 Å². The van der Waals surface area contributed by atoms with Gasteiger partial charge in [0.2, 0.25) is 5.96 Å². The van der Waals surface area contributed by atoms with Crippen molar-refractivity contribution in [3.63, 3.8) is 0 Å². The third-order valence-corrected chi connectivity index (χ3v) is 9.56. The lowest BCUT2D eigenvalue weighted by Crippen LogP contribution is -2.62.